The van der Waals surface area contributed by atoms with E-state index in [1.807, 2.05) is 5.32 Å². The van der Waals surface area contributed by atoms with Gasteiger partial charge in [0.05, 0.1) is 0 Å². The molecule has 105 valence electrons. The molecule has 7 heteroatoms. The fourth-order valence-electron chi connectivity index (χ4n) is 1.13. The standard InChI is InChI=1S/C11H20NO6/c1-6-16-11(8(13)14,17-7-2)12-9(15)18-10(3,4)5/h6-7H2,1-5H3,(H,12,15). The van der Waals surface area contributed by atoms with Crippen LogP contribution in [0.4, 0.5) is 4.79 Å². The van der Waals surface area contributed by atoms with Crippen molar-refractivity contribution in [1.29, 1.82) is 0 Å². The first-order valence-electron chi connectivity index (χ1n) is 5.67. The number of hydrogen-bond donors (Lipinski definition) is 1. The SMILES string of the molecule is CCOC(NC(=O)OC(C)(C)C)(OCC)C([O])=O. The smallest absolute Gasteiger partial charge is 0.437 e. The summed E-state index contributed by atoms with van der Waals surface area (Å²) in [6, 6.07) is 0. The van der Waals surface area contributed by atoms with Gasteiger partial charge in [-0.05, 0) is 34.6 Å². The van der Waals surface area contributed by atoms with Crippen LogP contribution in [0.5, 0.6) is 0 Å². The van der Waals surface area contributed by atoms with E-state index < -0.39 is 23.6 Å². The molecule has 0 unspecified atom stereocenters. The van der Waals surface area contributed by atoms with E-state index in [9.17, 15) is 14.7 Å². The summed E-state index contributed by atoms with van der Waals surface area (Å²) in [5.74, 6) is -4.02. The molecule has 1 radical (unpaired) electrons. The lowest BCUT2D eigenvalue weighted by Gasteiger charge is -2.29. The summed E-state index contributed by atoms with van der Waals surface area (Å²) >= 11 is 0. The zero-order valence-corrected chi connectivity index (χ0v) is 11.4. The Morgan fingerprint density at radius 3 is 1.78 bits per heavy atom. The van der Waals surface area contributed by atoms with Crippen LogP contribution in [0.2, 0.25) is 0 Å². The number of ether oxygens (including phenoxy) is 3. The van der Waals surface area contributed by atoms with Gasteiger partial charge in [0, 0.05) is 13.2 Å². The number of alkyl carbamates (subject to hydrolysis) is 1. The van der Waals surface area contributed by atoms with Crippen LogP contribution in [-0.2, 0) is 24.1 Å². The lowest BCUT2D eigenvalue weighted by Crippen LogP contribution is -2.59. The summed E-state index contributed by atoms with van der Waals surface area (Å²) in [6.07, 6.45) is -0.964. The lowest BCUT2D eigenvalue weighted by atomic mass is 10.2. The fourth-order valence-corrected chi connectivity index (χ4v) is 1.13. The third kappa shape index (κ3) is 5.33. The summed E-state index contributed by atoms with van der Waals surface area (Å²) < 4.78 is 14.8. The van der Waals surface area contributed by atoms with Crippen molar-refractivity contribution in [2.24, 2.45) is 0 Å². The number of rotatable bonds is 6. The van der Waals surface area contributed by atoms with Crippen molar-refractivity contribution >= 4 is 12.1 Å². The number of carbonyl (C=O) groups excluding carboxylic acids is 2. The molecule has 0 heterocycles. The molecule has 0 aliphatic rings. The Hall–Kier alpha value is -1.34. The summed E-state index contributed by atoms with van der Waals surface area (Å²) in [4.78, 5) is 22.6. The molecule has 0 rings (SSSR count). The molecule has 0 aromatic carbocycles. The Labute approximate surface area is 106 Å². The molecular weight excluding hydrogens is 242 g/mol. The Balaban J connectivity index is 4.87. The predicted molar refractivity (Wildman–Crippen MR) is 61.0 cm³/mol. The number of hydrogen-bond acceptors (Lipinski definition) is 5. The molecule has 7 nitrogen and oxygen atoms in total. The van der Waals surface area contributed by atoms with Crippen molar-refractivity contribution in [1.82, 2.24) is 5.32 Å². The minimum atomic E-state index is -2.33. The van der Waals surface area contributed by atoms with Gasteiger partial charge < -0.3 is 14.2 Å². The molecule has 0 aromatic heterocycles. The van der Waals surface area contributed by atoms with Crippen molar-refractivity contribution in [2.75, 3.05) is 13.2 Å². The first-order chi connectivity index (χ1) is 8.17. The van der Waals surface area contributed by atoms with E-state index >= 15 is 0 Å². The normalized spacial score (nSPS) is 12.1. The van der Waals surface area contributed by atoms with Gasteiger partial charge in [-0.2, -0.15) is 0 Å². The molecule has 0 aliphatic heterocycles. The Morgan fingerprint density at radius 2 is 1.50 bits per heavy atom. The van der Waals surface area contributed by atoms with Gasteiger partial charge >= 0.3 is 18.0 Å². The van der Waals surface area contributed by atoms with Crippen LogP contribution in [-0.4, -0.2) is 36.8 Å². The highest BCUT2D eigenvalue weighted by Crippen LogP contribution is 2.13. The summed E-state index contributed by atoms with van der Waals surface area (Å²) in [5.41, 5.74) is -0.764. The van der Waals surface area contributed by atoms with Crippen molar-refractivity contribution < 1.29 is 28.9 Å². The summed E-state index contributed by atoms with van der Waals surface area (Å²) in [7, 11) is 0. The van der Waals surface area contributed by atoms with Crippen molar-refractivity contribution in [3.05, 3.63) is 0 Å². The number of nitrogens with one attached hydrogen (secondary N) is 1. The predicted octanol–water partition coefficient (Wildman–Crippen LogP) is 1.19. The number of carbonyl (C=O) groups is 2. The maximum atomic E-state index is 11.5. The molecule has 0 spiro atoms. The summed E-state index contributed by atoms with van der Waals surface area (Å²) in [6.45, 7) is 8.10. The minimum absolute atomic E-state index is 0.0176. The highest BCUT2D eigenvalue weighted by Gasteiger charge is 2.45. The lowest BCUT2D eigenvalue weighted by molar-refractivity contribution is -0.256. The van der Waals surface area contributed by atoms with Crippen LogP contribution in [0, 0.1) is 0 Å². The van der Waals surface area contributed by atoms with Gasteiger partial charge in [0.2, 0.25) is 0 Å². The Morgan fingerprint density at radius 1 is 1.06 bits per heavy atom. The van der Waals surface area contributed by atoms with Crippen LogP contribution in [0.3, 0.4) is 0 Å². The van der Waals surface area contributed by atoms with Crippen molar-refractivity contribution in [2.45, 2.75) is 46.1 Å². The zero-order valence-electron chi connectivity index (χ0n) is 11.4. The maximum absolute atomic E-state index is 11.5. The molecule has 0 aliphatic carbocycles. The highest BCUT2D eigenvalue weighted by molar-refractivity contribution is 5.81. The minimum Gasteiger partial charge on any atom is -0.444 e. The van der Waals surface area contributed by atoms with Gasteiger partial charge in [-0.15, -0.1) is 0 Å². The van der Waals surface area contributed by atoms with Gasteiger partial charge in [0.1, 0.15) is 5.60 Å². The Bertz CT molecular complexity index is 290. The Kier molecular flexibility index (Phi) is 6.07. The second-order valence-electron chi connectivity index (χ2n) is 4.40. The van der Waals surface area contributed by atoms with E-state index in [2.05, 4.69) is 0 Å². The first-order valence-corrected chi connectivity index (χ1v) is 5.67. The van der Waals surface area contributed by atoms with E-state index in [4.69, 9.17) is 14.2 Å². The average molecular weight is 262 g/mol. The van der Waals surface area contributed by atoms with Crippen LogP contribution >= 0.6 is 0 Å². The average Bonchev–Trinajstić information content (AvgIpc) is 2.14. The van der Waals surface area contributed by atoms with E-state index in [0.29, 0.717) is 0 Å². The van der Waals surface area contributed by atoms with E-state index in [1.165, 1.54) is 0 Å². The molecule has 0 bridgehead atoms. The van der Waals surface area contributed by atoms with Gasteiger partial charge in [-0.25, -0.2) is 14.7 Å². The van der Waals surface area contributed by atoms with Gasteiger partial charge in [0.15, 0.2) is 0 Å². The maximum Gasteiger partial charge on any atom is 0.437 e. The van der Waals surface area contributed by atoms with Crippen molar-refractivity contribution in [3.63, 3.8) is 0 Å². The molecule has 0 atom stereocenters. The molecule has 0 aromatic rings. The molecule has 1 amide bonds. The van der Waals surface area contributed by atoms with Crippen LogP contribution in [0.15, 0.2) is 0 Å². The molecule has 1 N–H and O–H groups in total. The zero-order chi connectivity index (χ0) is 14.4. The second-order valence-corrected chi connectivity index (χ2v) is 4.40. The first kappa shape index (κ1) is 16.7. The van der Waals surface area contributed by atoms with Crippen LogP contribution in [0.25, 0.3) is 0 Å². The molecule has 18 heavy (non-hydrogen) atoms. The van der Waals surface area contributed by atoms with E-state index in [1.54, 1.807) is 34.6 Å². The van der Waals surface area contributed by atoms with Gasteiger partial charge in [-0.1, -0.05) is 0 Å². The molecule has 0 saturated carbocycles. The second kappa shape index (κ2) is 6.55. The van der Waals surface area contributed by atoms with Gasteiger partial charge in [-0.3, -0.25) is 5.32 Å². The quantitative estimate of drug-likeness (QED) is 0.726. The topological polar surface area (TPSA) is 93.8 Å². The number of amides is 1. The van der Waals surface area contributed by atoms with E-state index in [0.717, 1.165) is 0 Å². The monoisotopic (exact) mass is 262 g/mol. The fraction of sp³-hybridized carbons (Fsp3) is 0.818. The molecular formula is C11H20NO6. The highest BCUT2D eigenvalue weighted by atomic mass is 16.7. The van der Waals surface area contributed by atoms with Crippen molar-refractivity contribution in [3.8, 4) is 0 Å². The van der Waals surface area contributed by atoms with Gasteiger partial charge in [0.25, 0.3) is 0 Å². The third-order valence-electron chi connectivity index (χ3n) is 1.63. The van der Waals surface area contributed by atoms with Crippen LogP contribution < -0.4 is 5.32 Å². The van der Waals surface area contributed by atoms with Crippen LogP contribution in [0.1, 0.15) is 34.6 Å². The largest absolute Gasteiger partial charge is 0.444 e. The molecule has 0 saturated heterocycles. The summed E-state index contributed by atoms with van der Waals surface area (Å²) in [5, 5.41) is 13.1. The molecule has 0 fully saturated rings. The van der Waals surface area contributed by atoms with E-state index in [-0.39, 0.29) is 13.2 Å². The third-order valence-corrected chi connectivity index (χ3v) is 1.63.